The minimum absolute atomic E-state index is 0.0258. The number of aryl methyl sites for hydroxylation is 1. The predicted molar refractivity (Wildman–Crippen MR) is 86.6 cm³/mol. The van der Waals surface area contributed by atoms with Crippen LogP contribution >= 0.6 is 0 Å². The third kappa shape index (κ3) is 2.94. The first kappa shape index (κ1) is 15.2. The summed E-state index contributed by atoms with van der Waals surface area (Å²) in [5.74, 6) is -0.438. The molecule has 1 aromatic heterocycles. The van der Waals surface area contributed by atoms with E-state index in [4.69, 9.17) is 5.14 Å². The van der Waals surface area contributed by atoms with E-state index in [-0.39, 0.29) is 10.6 Å². The third-order valence-electron chi connectivity index (χ3n) is 3.44. The van der Waals surface area contributed by atoms with Gasteiger partial charge in [-0.25, -0.2) is 13.6 Å². The van der Waals surface area contributed by atoms with Gasteiger partial charge in [-0.15, -0.1) is 0 Å². The molecule has 1 heterocycles. The lowest BCUT2D eigenvalue weighted by molar-refractivity contribution is 0.102. The van der Waals surface area contributed by atoms with Crippen LogP contribution in [0.4, 0.5) is 5.69 Å². The SMILES string of the molecule is Cc1ccc(NC(=O)c2n[nH]c3ccccc23)cc1S(N)(=O)=O. The molecule has 118 valence electrons. The molecule has 0 atom stereocenters. The standard InChI is InChI=1S/C15H14N4O3S/c1-9-6-7-10(8-13(9)23(16,21)22)17-15(20)14-11-4-2-3-5-12(11)18-19-14/h2-8H,1H3,(H,17,20)(H,18,19)(H2,16,21,22). The molecule has 0 spiro atoms. The maximum Gasteiger partial charge on any atom is 0.276 e. The summed E-state index contributed by atoms with van der Waals surface area (Å²) in [6.07, 6.45) is 0. The average Bonchev–Trinajstić information content (AvgIpc) is 2.92. The number of rotatable bonds is 3. The summed E-state index contributed by atoms with van der Waals surface area (Å²) < 4.78 is 23.1. The van der Waals surface area contributed by atoms with E-state index in [1.807, 2.05) is 12.1 Å². The Labute approximate surface area is 132 Å². The van der Waals surface area contributed by atoms with Crippen LogP contribution in [0.25, 0.3) is 10.9 Å². The number of amides is 1. The van der Waals surface area contributed by atoms with Crippen molar-refractivity contribution in [3.8, 4) is 0 Å². The normalized spacial score (nSPS) is 11.6. The predicted octanol–water partition coefficient (Wildman–Crippen LogP) is 1.77. The fourth-order valence-corrected chi connectivity index (χ4v) is 3.12. The van der Waals surface area contributed by atoms with Crippen molar-refractivity contribution in [2.45, 2.75) is 11.8 Å². The summed E-state index contributed by atoms with van der Waals surface area (Å²) >= 11 is 0. The maximum absolute atomic E-state index is 12.4. The van der Waals surface area contributed by atoms with Gasteiger partial charge in [0.05, 0.1) is 10.4 Å². The summed E-state index contributed by atoms with van der Waals surface area (Å²) in [5.41, 5.74) is 1.82. The quantitative estimate of drug-likeness (QED) is 0.678. The van der Waals surface area contributed by atoms with Crippen LogP contribution < -0.4 is 10.5 Å². The Balaban J connectivity index is 1.95. The summed E-state index contributed by atoms with van der Waals surface area (Å²) in [5, 5.41) is 15.3. The van der Waals surface area contributed by atoms with Crippen molar-refractivity contribution in [3.05, 3.63) is 53.7 Å². The van der Waals surface area contributed by atoms with Crippen LogP contribution in [0.15, 0.2) is 47.4 Å². The van der Waals surface area contributed by atoms with Gasteiger partial charge in [0, 0.05) is 11.1 Å². The molecule has 0 unspecified atom stereocenters. The molecule has 7 nitrogen and oxygen atoms in total. The first-order valence-electron chi connectivity index (χ1n) is 6.74. The van der Waals surface area contributed by atoms with E-state index in [1.54, 1.807) is 31.2 Å². The minimum atomic E-state index is -3.85. The lowest BCUT2D eigenvalue weighted by atomic mass is 10.2. The Morgan fingerprint density at radius 3 is 2.70 bits per heavy atom. The zero-order valence-electron chi connectivity index (χ0n) is 12.2. The Hall–Kier alpha value is -2.71. The number of nitrogens with two attached hydrogens (primary N) is 1. The second kappa shape index (κ2) is 5.49. The molecule has 1 amide bonds. The number of carbonyl (C=O) groups excluding carboxylic acids is 1. The lowest BCUT2D eigenvalue weighted by Crippen LogP contribution is -2.16. The second-order valence-electron chi connectivity index (χ2n) is 5.10. The zero-order valence-corrected chi connectivity index (χ0v) is 13.0. The number of H-pyrrole nitrogens is 1. The van der Waals surface area contributed by atoms with Crippen molar-refractivity contribution in [2.24, 2.45) is 5.14 Å². The van der Waals surface area contributed by atoms with E-state index >= 15 is 0 Å². The summed E-state index contributed by atoms with van der Waals surface area (Å²) in [4.78, 5) is 12.3. The highest BCUT2D eigenvalue weighted by Gasteiger charge is 2.16. The topological polar surface area (TPSA) is 118 Å². The molecule has 0 saturated carbocycles. The van der Waals surface area contributed by atoms with Crippen LogP contribution in [0, 0.1) is 6.92 Å². The number of fused-ring (bicyclic) bond motifs is 1. The van der Waals surface area contributed by atoms with E-state index < -0.39 is 15.9 Å². The summed E-state index contributed by atoms with van der Waals surface area (Å²) in [6, 6.07) is 11.7. The van der Waals surface area contributed by atoms with Gasteiger partial charge in [0.1, 0.15) is 0 Å². The van der Waals surface area contributed by atoms with Crippen LogP contribution in [-0.4, -0.2) is 24.5 Å². The molecule has 8 heteroatoms. The van der Waals surface area contributed by atoms with E-state index in [9.17, 15) is 13.2 Å². The van der Waals surface area contributed by atoms with Gasteiger partial charge in [-0.3, -0.25) is 9.89 Å². The van der Waals surface area contributed by atoms with Gasteiger partial charge in [-0.05, 0) is 30.7 Å². The van der Waals surface area contributed by atoms with E-state index in [2.05, 4.69) is 15.5 Å². The van der Waals surface area contributed by atoms with Gasteiger partial charge >= 0.3 is 0 Å². The fraction of sp³-hybridized carbons (Fsp3) is 0.0667. The molecular formula is C15H14N4O3S. The molecule has 0 bridgehead atoms. The Bertz CT molecular complexity index is 1010. The molecule has 4 N–H and O–H groups in total. The number of nitrogens with one attached hydrogen (secondary N) is 2. The minimum Gasteiger partial charge on any atom is -0.321 e. The average molecular weight is 330 g/mol. The monoisotopic (exact) mass is 330 g/mol. The van der Waals surface area contributed by atoms with Gasteiger partial charge in [0.2, 0.25) is 10.0 Å². The van der Waals surface area contributed by atoms with Gasteiger partial charge in [-0.2, -0.15) is 5.10 Å². The number of sulfonamides is 1. The maximum atomic E-state index is 12.4. The van der Waals surface area contributed by atoms with Crippen molar-refractivity contribution in [2.75, 3.05) is 5.32 Å². The largest absolute Gasteiger partial charge is 0.321 e. The van der Waals surface area contributed by atoms with Crippen molar-refractivity contribution in [1.29, 1.82) is 0 Å². The number of hydrogen-bond acceptors (Lipinski definition) is 4. The van der Waals surface area contributed by atoms with Gasteiger partial charge in [-0.1, -0.05) is 24.3 Å². The molecule has 0 aliphatic rings. The molecule has 3 rings (SSSR count). The molecule has 0 aliphatic heterocycles. The Kier molecular flexibility index (Phi) is 3.63. The number of aromatic amines is 1. The molecule has 2 aromatic carbocycles. The highest BCUT2D eigenvalue weighted by atomic mass is 32.2. The number of aromatic nitrogens is 2. The molecule has 23 heavy (non-hydrogen) atoms. The smallest absolute Gasteiger partial charge is 0.276 e. The van der Waals surface area contributed by atoms with Crippen molar-refractivity contribution in [1.82, 2.24) is 10.2 Å². The van der Waals surface area contributed by atoms with Gasteiger partial charge < -0.3 is 5.32 Å². The highest BCUT2D eigenvalue weighted by Crippen LogP contribution is 2.21. The molecule has 0 fully saturated rings. The van der Waals surface area contributed by atoms with E-state index in [1.165, 1.54) is 6.07 Å². The molecular weight excluding hydrogens is 316 g/mol. The number of benzene rings is 2. The number of para-hydroxylation sites is 1. The van der Waals surface area contributed by atoms with E-state index in [0.29, 0.717) is 16.6 Å². The Morgan fingerprint density at radius 1 is 1.22 bits per heavy atom. The number of primary sulfonamides is 1. The van der Waals surface area contributed by atoms with Crippen molar-refractivity contribution < 1.29 is 13.2 Å². The summed E-state index contributed by atoms with van der Waals surface area (Å²) in [7, 11) is -3.85. The second-order valence-corrected chi connectivity index (χ2v) is 6.63. The number of carbonyl (C=O) groups is 1. The highest BCUT2D eigenvalue weighted by molar-refractivity contribution is 7.89. The van der Waals surface area contributed by atoms with Gasteiger partial charge in [0.15, 0.2) is 5.69 Å². The molecule has 0 saturated heterocycles. The van der Waals surface area contributed by atoms with Crippen LogP contribution in [0.5, 0.6) is 0 Å². The molecule has 3 aromatic rings. The molecule has 0 radical (unpaired) electrons. The van der Waals surface area contributed by atoms with Crippen LogP contribution in [0.2, 0.25) is 0 Å². The van der Waals surface area contributed by atoms with Crippen LogP contribution in [0.1, 0.15) is 16.1 Å². The Morgan fingerprint density at radius 2 is 1.96 bits per heavy atom. The molecule has 0 aliphatic carbocycles. The number of hydrogen-bond donors (Lipinski definition) is 3. The first-order chi connectivity index (χ1) is 10.9. The number of nitrogens with zero attached hydrogens (tertiary/aromatic N) is 1. The number of anilines is 1. The van der Waals surface area contributed by atoms with Crippen LogP contribution in [0.3, 0.4) is 0 Å². The van der Waals surface area contributed by atoms with Crippen molar-refractivity contribution >= 4 is 32.5 Å². The first-order valence-corrected chi connectivity index (χ1v) is 8.29. The van der Waals surface area contributed by atoms with Crippen molar-refractivity contribution in [3.63, 3.8) is 0 Å². The fourth-order valence-electron chi connectivity index (χ4n) is 2.31. The van der Waals surface area contributed by atoms with Gasteiger partial charge in [0.25, 0.3) is 5.91 Å². The zero-order chi connectivity index (χ0) is 16.6. The lowest BCUT2D eigenvalue weighted by Gasteiger charge is -2.08. The van der Waals surface area contributed by atoms with Crippen LogP contribution in [-0.2, 0) is 10.0 Å². The third-order valence-corrected chi connectivity index (χ3v) is 4.49. The van der Waals surface area contributed by atoms with E-state index in [0.717, 1.165) is 5.52 Å². The summed E-state index contributed by atoms with van der Waals surface area (Å²) in [6.45, 7) is 1.63.